The number of rotatable bonds is 4. The highest BCUT2D eigenvalue weighted by Crippen LogP contribution is 2.18. The fraction of sp³-hybridized carbons (Fsp3) is 0.231. The number of hydrogen-bond acceptors (Lipinski definition) is 4. The number of fused-ring (bicyclic) bond motifs is 1. The topological polar surface area (TPSA) is 116 Å². The maximum atomic E-state index is 12.3. The Labute approximate surface area is 108 Å². The molecule has 1 aromatic carbocycles. The van der Waals surface area contributed by atoms with Gasteiger partial charge in [0, 0.05) is 17.6 Å². The third-order valence-corrected chi connectivity index (χ3v) is 2.97. The van der Waals surface area contributed by atoms with Crippen molar-refractivity contribution in [3.05, 3.63) is 39.7 Å². The van der Waals surface area contributed by atoms with E-state index >= 15 is 0 Å². The number of aliphatic hydroxyl groups excluding tert-OH is 1. The van der Waals surface area contributed by atoms with Crippen molar-refractivity contribution < 1.29 is 15.0 Å². The third kappa shape index (κ3) is 2.30. The number of carboxylic acids is 1. The average molecular weight is 262 g/mol. The van der Waals surface area contributed by atoms with Crippen LogP contribution in [0.25, 0.3) is 10.9 Å². The van der Waals surface area contributed by atoms with Crippen molar-refractivity contribution in [2.24, 2.45) is 0 Å². The van der Waals surface area contributed by atoms with Gasteiger partial charge in [0.25, 0.3) is 0 Å². The van der Waals surface area contributed by atoms with Gasteiger partial charge in [-0.2, -0.15) is 0 Å². The predicted molar refractivity (Wildman–Crippen MR) is 71.3 cm³/mol. The first-order valence-corrected chi connectivity index (χ1v) is 5.83. The second-order valence-electron chi connectivity index (χ2n) is 4.21. The highest BCUT2D eigenvalue weighted by atomic mass is 16.4. The van der Waals surface area contributed by atoms with Crippen molar-refractivity contribution in [3.63, 3.8) is 0 Å². The predicted octanol–water partition coefficient (Wildman–Crippen LogP) is 0.733. The van der Waals surface area contributed by atoms with Crippen LogP contribution in [0.4, 0.5) is 5.69 Å². The first-order valence-electron chi connectivity index (χ1n) is 5.83. The Bertz CT molecular complexity index is 691. The largest absolute Gasteiger partial charge is 0.477 e. The van der Waals surface area contributed by atoms with Crippen LogP contribution in [0.1, 0.15) is 22.5 Å². The lowest BCUT2D eigenvalue weighted by Gasteiger charge is -2.09. The molecule has 2 rings (SSSR count). The fourth-order valence-corrected chi connectivity index (χ4v) is 2.05. The number of para-hydroxylation sites is 1. The molecule has 0 aliphatic rings. The lowest BCUT2D eigenvalue weighted by Crippen LogP contribution is -2.19. The zero-order chi connectivity index (χ0) is 14.0. The number of H-pyrrole nitrogens is 1. The summed E-state index contributed by atoms with van der Waals surface area (Å²) in [5.41, 5.74) is 6.05. The smallest absolute Gasteiger partial charge is 0.352 e. The summed E-state index contributed by atoms with van der Waals surface area (Å²) in [4.78, 5) is 26.2. The molecule has 0 atom stereocenters. The molecule has 1 heterocycles. The molecule has 0 saturated carbocycles. The number of nitrogen functional groups attached to an aromatic ring is 1. The Morgan fingerprint density at radius 3 is 2.74 bits per heavy atom. The van der Waals surface area contributed by atoms with Crippen LogP contribution in [0, 0.1) is 0 Å². The molecule has 19 heavy (non-hydrogen) atoms. The lowest BCUT2D eigenvalue weighted by atomic mass is 10.0. The van der Waals surface area contributed by atoms with Gasteiger partial charge < -0.3 is 20.9 Å². The number of nitrogens with two attached hydrogens (primary N) is 1. The van der Waals surface area contributed by atoms with Gasteiger partial charge in [-0.25, -0.2) is 4.79 Å². The summed E-state index contributed by atoms with van der Waals surface area (Å²) in [6.07, 6.45) is 0.537. The SMILES string of the molecule is Nc1cccc2c(=O)c(CCCO)c(C(=O)O)[nH]c12. The normalized spacial score (nSPS) is 10.8. The van der Waals surface area contributed by atoms with Crippen molar-refractivity contribution in [1.82, 2.24) is 4.98 Å². The summed E-state index contributed by atoms with van der Waals surface area (Å²) in [6.45, 7) is -0.104. The van der Waals surface area contributed by atoms with Gasteiger partial charge in [-0.15, -0.1) is 0 Å². The number of aromatic amines is 1. The number of anilines is 1. The molecule has 1 aromatic heterocycles. The molecule has 100 valence electrons. The Hall–Kier alpha value is -2.34. The molecule has 0 aliphatic heterocycles. The first kappa shape index (κ1) is 13.1. The Morgan fingerprint density at radius 1 is 1.37 bits per heavy atom. The molecule has 0 unspecified atom stereocenters. The molecule has 0 aliphatic carbocycles. The second-order valence-corrected chi connectivity index (χ2v) is 4.21. The zero-order valence-corrected chi connectivity index (χ0v) is 10.1. The van der Waals surface area contributed by atoms with E-state index in [1.54, 1.807) is 18.2 Å². The lowest BCUT2D eigenvalue weighted by molar-refractivity contribution is 0.0689. The standard InChI is InChI=1S/C13H14N2O4/c14-9-5-1-3-7-10(9)15-11(13(18)19)8(12(7)17)4-2-6-16/h1,3,5,16H,2,4,6,14H2,(H,15,17)(H,18,19). The summed E-state index contributed by atoms with van der Waals surface area (Å²) in [7, 11) is 0. The van der Waals surface area contributed by atoms with Crippen molar-refractivity contribution in [3.8, 4) is 0 Å². The third-order valence-electron chi connectivity index (χ3n) is 2.97. The Balaban J connectivity index is 2.78. The van der Waals surface area contributed by atoms with E-state index in [2.05, 4.69) is 4.98 Å². The number of nitrogens with one attached hydrogen (secondary N) is 1. The molecule has 0 fully saturated rings. The van der Waals surface area contributed by atoms with Crippen molar-refractivity contribution in [2.45, 2.75) is 12.8 Å². The molecule has 0 saturated heterocycles. The van der Waals surface area contributed by atoms with E-state index in [-0.39, 0.29) is 29.7 Å². The van der Waals surface area contributed by atoms with E-state index in [1.807, 2.05) is 0 Å². The summed E-state index contributed by atoms with van der Waals surface area (Å²) in [6, 6.07) is 4.83. The minimum Gasteiger partial charge on any atom is -0.477 e. The molecule has 6 heteroatoms. The molecular weight excluding hydrogens is 248 g/mol. The van der Waals surface area contributed by atoms with Crippen LogP contribution < -0.4 is 11.2 Å². The summed E-state index contributed by atoms with van der Waals surface area (Å²) >= 11 is 0. The van der Waals surface area contributed by atoms with Gasteiger partial charge in [0.05, 0.1) is 11.2 Å². The average Bonchev–Trinajstić information content (AvgIpc) is 2.38. The van der Waals surface area contributed by atoms with E-state index in [9.17, 15) is 9.59 Å². The number of carbonyl (C=O) groups is 1. The number of aliphatic hydroxyl groups is 1. The van der Waals surface area contributed by atoms with Gasteiger partial charge in [0.15, 0.2) is 5.43 Å². The van der Waals surface area contributed by atoms with Crippen LogP contribution in [0.2, 0.25) is 0 Å². The molecule has 0 amide bonds. The van der Waals surface area contributed by atoms with Gasteiger partial charge in [0.1, 0.15) is 5.69 Å². The number of aromatic nitrogens is 1. The maximum Gasteiger partial charge on any atom is 0.352 e. The molecule has 0 bridgehead atoms. The van der Waals surface area contributed by atoms with Gasteiger partial charge in [-0.3, -0.25) is 4.79 Å². The second kappa shape index (κ2) is 5.11. The summed E-state index contributed by atoms with van der Waals surface area (Å²) in [5.74, 6) is -1.21. The van der Waals surface area contributed by atoms with Gasteiger partial charge in [-0.05, 0) is 25.0 Å². The van der Waals surface area contributed by atoms with E-state index in [4.69, 9.17) is 15.9 Å². The van der Waals surface area contributed by atoms with Crippen LogP contribution in [0.5, 0.6) is 0 Å². The molecular formula is C13H14N2O4. The van der Waals surface area contributed by atoms with Crippen LogP contribution in [0.3, 0.4) is 0 Å². The first-order chi connectivity index (χ1) is 9.06. The Morgan fingerprint density at radius 2 is 2.11 bits per heavy atom. The molecule has 6 nitrogen and oxygen atoms in total. The van der Waals surface area contributed by atoms with Gasteiger partial charge >= 0.3 is 5.97 Å². The van der Waals surface area contributed by atoms with Crippen LogP contribution in [-0.2, 0) is 6.42 Å². The minimum atomic E-state index is -1.21. The quantitative estimate of drug-likeness (QED) is 0.606. The van der Waals surface area contributed by atoms with E-state index in [0.717, 1.165) is 0 Å². The molecule has 0 spiro atoms. The molecule has 2 aromatic rings. The fourth-order valence-electron chi connectivity index (χ4n) is 2.05. The summed E-state index contributed by atoms with van der Waals surface area (Å²) < 4.78 is 0. The van der Waals surface area contributed by atoms with Gasteiger partial charge in [-0.1, -0.05) is 6.07 Å². The van der Waals surface area contributed by atoms with Crippen molar-refractivity contribution in [1.29, 1.82) is 0 Å². The van der Waals surface area contributed by atoms with Gasteiger partial charge in [0.2, 0.25) is 0 Å². The number of benzene rings is 1. The highest BCUT2D eigenvalue weighted by Gasteiger charge is 2.17. The van der Waals surface area contributed by atoms with E-state index in [1.165, 1.54) is 0 Å². The van der Waals surface area contributed by atoms with Crippen molar-refractivity contribution >= 4 is 22.6 Å². The van der Waals surface area contributed by atoms with Crippen molar-refractivity contribution in [2.75, 3.05) is 12.3 Å². The number of hydrogen-bond donors (Lipinski definition) is 4. The Kier molecular flexibility index (Phi) is 3.52. The summed E-state index contributed by atoms with van der Waals surface area (Å²) in [5, 5.41) is 18.4. The van der Waals surface area contributed by atoms with E-state index < -0.39 is 5.97 Å². The van der Waals surface area contributed by atoms with Crippen LogP contribution in [0.15, 0.2) is 23.0 Å². The molecule has 5 N–H and O–H groups in total. The minimum absolute atomic E-state index is 0.104. The van der Waals surface area contributed by atoms with Crippen LogP contribution >= 0.6 is 0 Å². The zero-order valence-electron chi connectivity index (χ0n) is 10.1. The van der Waals surface area contributed by atoms with E-state index in [0.29, 0.717) is 23.0 Å². The maximum absolute atomic E-state index is 12.3. The monoisotopic (exact) mass is 262 g/mol. The number of aromatic carboxylic acids is 1. The number of carboxylic acid groups (broad SMARTS) is 1. The molecule has 0 radical (unpaired) electrons. The highest BCUT2D eigenvalue weighted by molar-refractivity contribution is 5.95. The number of pyridine rings is 1. The van der Waals surface area contributed by atoms with Crippen LogP contribution in [-0.4, -0.2) is 27.8 Å².